The van der Waals surface area contributed by atoms with Crippen LogP contribution in [-0.4, -0.2) is 22.0 Å². The third kappa shape index (κ3) is 2.98. The second kappa shape index (κ2) is 6.22. The van der Waals surface area contributed by atoms with E-state index in [1.807, 2.05) is 30.3 Å². The molecule has 0 bridgehead atoms. The number of hydrogen-bond acceptors (Lipinski definition) is 1. The number of nitrogens with one attached hydrogen (secondary N) is 1. The van der Waals surface area contributed by atoms with Crippen LogP contribution in [0.4, 0.5) is 9.18 Å². The monoisotopic (exact) mass is 301 g/mol. The van der Waals surface area contributed by atoms with Crippen molar-refractivity contribution in [3.8, 4) is 0 Å². The molecular formula is C17H20FN3O. The van der Waals surface area contributed by atoms with Crippen molar-refractivity contribution in [2.75, 3.05) is 6.54 Å². The number of amides is 2. The molecule has 1 aromatic carbocycles. The molecule has 5 heteroatoms. The van der Waals surface area contributed by atoms with Crippen LogP contribution in [-0.2, 0) is 13.6 Å². The van der Waals surface area contributed by atoms with E-state index in [0.717, 1.165) is 30.6 Å². The van der Waals surface area contributed by atoms with E-state index in [2.05, 4.69) is 16.0 Å². The normalized spacial score (nSPS) is 17.7. The maximum atomic E-state index is 13.2. The summed E-state index contributed by atoms with van der Waals surface area (Å²) in [6, 6.07) is 10.4. The minimum atomic E-state index is -0.283. The third-order valence-electron chi connectivity index (χ3n) is 4.17. The van der Waals surface area contributed by atoms with Crippen molar-refractivity contribution in [3.63, 3.8) is 0 Å². The number of benzene rings is 1. The number of likely N-dealkylation sites (tertiary alicyclic amines) is 1. The summed E-state index contributed by atoms with van der Waals surface area (Å²) in [4.78, 5) is 14.3. The topological polar surface area (TPSA) is 37.3 Å². The molecule has 2 aromatic rings. The zero-order chi connectivity index (χ0) is 15.5. The molecule has 1 saturated heterocycles. The molecule has 116 valence electrons. The number of nitrogens with zero attached hydrogens (tertiary/aromatic N) is 2. The second-order valence-electron chi connectivity index (χ2n) is 5.68. The highest BCUT2D eigenvalue weighted by atomic mass is 19.1. The molecule has 1 unspecified atom stereocenters. The molecule has 2 amide bonds. The van der Waals surface area contributed by atoms with Crippen LogP contribution in [0.5, 0.6) is 0 Å². The molecule has 3 rings (SSSR count). The molecule has 22 heavy (non-hydrogen) atoms. The molecule has 0 aliphatic carbocycles. The highest BCUT2D eigenvalue weighted by Gasteiger charge is 2.31. The van der Waals surface area contributed by atoms with Gasteiger partial charge in [-0.15, -0.1) is 0 Å². The first kappa shape index (κ1) is 14.6. The van der Waals surface area contributed by atoms with Gasteiger partial charge < -0.3 is 14.8 Å². The van der Waals surface area contributed by atoms with Gasteiger partial charge in [-0.25, -0.2) is 9.18 Å². The van der Waals surface area contributed by atoms with Crippen LogP contribution in [0.3, 0.4) is 0 Å². The molecular weight excluding hydrogens is 281 g/mol. The Bertz CT molecular complexity index is 667. The quantitative estimate of drug-likeness (QED) is 0.928. The number of carbonyl (C=O) groups excluding carboxylic acids is 1. The van der Waals surface area contributed by atoms with Crippen LogP contribution in [0.1, 0.15) is 30.1 Å². The number of aromatic nitrogens is 1. The number of halogens is 1. The molecule has 1 atom stereocenters. The molecule has 4 nitrogen and oxygen atoms in total. The first-order chi connectivity index (χ1) is 10.6. The second-order valence-corrected chi connectivity index (χ2v) is 5.68. The van der Waals surface area contributed by atoms with E-state index >= 15 is 0 Å². The fourth-order valence-corrected chi connectivity index (χ4v) is 3.06. The lowest BCUT2D eigenvalue weighted by Gasteiger charge is -2.25. The summed E-state index contributed by atoms with van der Waals surface area (Å²) in [5.74, 6) is -0.283. The fraction of sp³-hybridized carbons (Fsp3) is 0.353. The third-order valence-corrected chi connectivity index (χ3v) is 4.17. The van der Waals surface area contributed by atoms with E-state index in [1.165, 1.54) is 12.1 Å². The number of hydrogen-bond donors (Lipinski definition) is 1. The minimum absolute atomic E-state index is 0.0899. The zero-order valence-electron chi connectivity index (χ0n) is 12.6. The molecule has 1 aromatic heterocycles. The lowest BCUT2D eigenvalue weighted by atomic mass is 10.1. The van der Waals surface area contributed by atoms with Crippen LogP contribution in [0.25, 0.3) is 0 Å². The zero-order valence-corrected chi connectivity index (χ0v) is 12.6. The standard InChI is InChI=1S/C17H20FN3O/c1-20-9-3-7-15(20)16-8-4-10-21(16)17(22)19-12-13-5-2-6-14(18)11-13/h2-3,5-7,9,11,16H,4,8,10,12H2,1H3,(H,19,22). The fourth-order valence-electron chi connectivity index (χ4n) is 3.06. The number of aryl methyl sites for hydroxylation is 1. The SMILES string of the molecule is Cn1cccc1C1CCCN1C(=O)NCc1cccc(F)c1. The van der Waals surface area contributed by atoms with Gasteiger partial charge in [0, 0.05) is 32.0 Å². The van der Waals surface area contributed by atoms with Crippen LogP contribution in [0, 0.1) is 5.82 Å². The Hall–Kier alpha value is -2.30. The van der Waals surface area contributed by atoms with Crippen molar-refractivity contribution in [1.82, 2.24) is 14.8 Å². The molecule has 2 heterocycles. The smallest absolute Gasteiger partial charge is 0.318 e. The van der Waals surface area contributed by atoms with Crippen molar-refractivity contribution >= 4 is 6.03 Å². The number of rotatable bonds is 3. The van der Waals surface area contributed by atoms with Gasteiger partial charge in [0.25, 0.3) is 0 Å². The van der Waals surface area contributed by atoms with Crippen LogP contribution in [0.15, 0.2) is 42.6 Å². The van der Waals surface area contributed by atoms with Crippen molar-refractivity contribution in [1.29, 1.82) is 0 Å². The summed E-state index contributed by atoms with van der Waals surface area (Å²) >= 11 is 0. The minimum Gasteiger partial charge on any atom is -0.353 e. The van der Waals surface area contributed by atoms with Gasteiger partial charge in [-0.2, -0.15) is 0 Å². The van der Waals surface area contributed by atoms with E-state index in [9.17, 15) is 9.18 Å². The van der Waals surface area contributed by atoms with E-state index < -0.39 is 0 Å². The summed E-state index contributed by atoms with van der Waals surface area (Å²) in [6.45, 7) is 1.10. The van der Waals surface area contributed by atoms with Crippen molar-refractivity contribution in [2.45, 2.75) is 25.4 Å². The summed E-state index contributed by atoms with van der Waals surface area (Å²) in [6.07, 6.45) is 3.98. The van der Waals surface area contributed by atoms with Gasteiger partial charge in [0.05, 0.1) is 6.04 Å². The maximum absolute atomic E-state index is 13.2. The van der Waals surface area contributed by atoms with Gasteiger partial charge >= 0.3 is 6.03 Å². The first-order valence-electron chi connectivity index (χ1n) is 7.55. The lowest BCUT2D eigenvalue weighted by molar-refractivity contribution is 0.191. The summed E-state index contributed by atoms with van der Waals surface area (Å²) in [5, 5.41) is 2.89. The van der Waals surface area contributed by atoms with Gasteiger partial charge in [-0.05, 0) is 42.7 Å². The average Bonchev–Trinajstić information content (AvgIpc) is 3.13. The summed E-state index contributed by atoms with van der Waals surface area (Å²) < 4.78 is 15.2. The van der Waals surface area contributed by atoms with Crippen molar-refractivity contribution in [2.24, 2.45) is 7.05 Å². The average molecular weight is 301 g/mol. The molecule has 0 spiro atoms. The molecule has 0 saturated carbocycles. The van der Waals surface area contributed by atoms with E-state index in [1.54, 1.807) is 6.07 Å². The summed E-state index contributed by atoms with van der Waals surface area (Å²) in [5.41, 5.74) is 1.92. The lowest BCUT2D eigenvalue weighted by Crippen LogP contribution is -2.39. The Morgan fingerprint density at radius 2 is 2.23 bits per heavy atom. The van der Waals surface area contributed by atoms with Crippen molar-refractivity contribution < 1.29 is 9.18 Å². The predicted molar refractivity (Wildman–Crippen MR) is 82.7 cm³/mol. The molecule has 1 N–H and O–H groups in total. The van der Waals surface area contributed by atoms with Gasteiger partial charge in [-0.1, -0.05) is 12.1 Å². The van der Waals surface area contributed by atoms with Gasteiger partial charge in [-0.3, -0.25) is 0 Å². The predicted octanol–water partition coefficient (Wildman–Crippen LogP) is 3.21. The largest absolute Gasteiger partial charge is 0.353 e. The highest BCUT2D eigenvalue weighted by Crippen LogP contribution is 2.31. The van der Waals surface area contributed by atoms with E-state index in [0.29, 0.717) is 6.54 Å². The molecule has 1 aliphatic rings. The molecule has 1 fully saturated rings. The highest BCUT2D eigenvalue weighted by molar-refractivity contribution is 5.75. The summed E-state index contributed by atoms with van der Waals surface area (Å²) in [7, 11) is 2.00. The Labute approximate surface area is 129 Å². The number of urea groups is 1. The van der Waals surface area contributed by atoms with Gasteiger partial charge in [0.1, 0.15) is 5.82 Å². The molecule has 1 aliphatic heterocycles. The van der Waals surface area contributed by atoms with E-state index in [-0.39, 0.29) is 17.9 Å². The van der Waals surface area contributed by atoms with Gasteiger partial charge in [0.2, 0.25) is 0 Å². The first-order valence-corrected chi connectivity index (χ1v) is 7.55. The Kier molecular flexibility index (Phi) is 4.13. The van der Waals surface area contributed by atoms with Gasteiger partial charge in [0.15, 0.2) is 0 Å². The van der Waals surface area contributed by atoms with Crippen molar-refractivity contribution in [3.05, 3.63) is 59.7 Å². The Morgan fingerprint density at radius 3 is 2.95 bits per heavy atom. The number of carbonyl (C=O) groups is 1. The van der Waals surface area contributed by atoms with Crippen LogP contribution < -0.4 is 5.32 Å². The Balaban J connectivity index is 1.65. The van der Waals surface area contributed by atoms with Crippen LogP contribution in [0.2, 0.25) is 0 Å². The van der Waals surface area contributed by atoms with Crippen LogP contribution >= 0.6 is 0 Å². The van der Waals surface area contributed by atoms with E-state index in [4.69, 9.17) is 0 Å². The molecule has 0 radical (unpaired) electrons. The maximum Gasteiger partial charge on any atom is 0.318 e. The Morgan fingerprint density at radius 1 is 1.36 bits per heavy atom.